The highest BCUT2D eigenvalue weighted by molar-refractivity contribution is 4.94. The third kappa shape index (κ3) is 3.29. The van der Waals surface area contributed by atoms with Gasteiger partial charge in [-0.2, -0.15) is 0 Å². The van der Waals surface area contributed by atoms with Crippen LogP contribution in [0.3, 0.4) is 0 Å². The Kier molecular flexibility index (Phi) is 4.89. The summed E-state index contributed by atoms with van der Waals surface area (Å²) in [5.41, 5.74) is 0. The van der Waals surface area contributed by atoms with Gasteiger partial charge in [-0.15, -0.1) is 0 Å². The molecular weight excluding hydrogens is 160 g/mol. The Morgan fingerprint density at radius 3 is 1.92 bits per heavy atom. The van der Waals surface area contributed by atoms with Crippen LogP contribution in [-0.4, -0.2) is 36.0 Å². The zero-order chi connectivity index (χ0) is 10.6. The van der Waals surface area contributed by atoms with E-state index in [1.807, 2.05) is 0 Å². The molecule has 0 aliphatic carbocycles. The van der Waals surface area contributed by atoms with Gasteiger partial charge in [-0.3, -0.25) is 0 Å². The van der Waals surface area contributed by atoms with Gasteiger partial charge in [0, 0.05) is 26.2 Å². The molecule has 1 unspecified atom stereocenters. The lowest BCUT2D eigenvalue weighted by Gasteiger charge is -2.36. The summed E-state index contributed by atoms with van der Waals surface area (Å²) in [6, 6.07) is 1.08. The van der Waals surface area contributed by atoms with E-state index in [4.69, 9.17) is 0 Å². The van der Waals surface area contributed by atoms with Crippen LogP contribution in [0.1, 0.15) is 34.1 Å². The van der Waals surface area contributed by atoms with E-state index in [1.54, 1.807) is 0 Å². The maximum atomic E-state index is 4.10. The molecule has 0 aromatic rings. The molecule has 0 bridgehead atoms. The lowest BCUT2D eigenvalue weighted by Crippen LogP contribution is -2.38. The van der Waals surface area contributed by atoms with E-state index in [1.165, 1.54) is 0 Å². The minimum absolute atomic E-state index is 0.513. The molecule has 0 N–H and O–H groups in total. The molecule has 0 radical (unpaired) electrons. The monoisotopic (exact) mass is 184 g/mol. The fourth-order valence-corrected chi connectivity index (χ4v) is 1.08. The second-order valence-electron chi connectivity index (χ2n) is 3.99. The Hall–Kier alpha value is -0.660. The molecule has 0 aromatic carbocycles. The molecule has 0 fully saturated rings. The maximum Gasteiger partial charge on any atom is 0.0964 e. The van der Waals surface area contributed by atoms with Crippen LogP contribution in [0, 0.1) is 0 Å². The number of hydrogen-bond acceptors (Lipinski definition) is 2. The topological polar surface area (TPSA) is 6.48 Å². The average Bonchev–Trinajstić information content (AvgIpc) is 2.12. The van der Waals surface area contributed by atoms with Gasteiger partial charge in [0.15, 0.2) is 0 Å². The van der Waals surface area contributed by atoms with Crippen LogP contribution in [0.25, 0.3) is 0 Å². The van der Waals surface area contributed by atoms with Gasteiger partial charge >= 0.3 is 0 Å². The molecule has 0 amide bonds. The zero-order valence-electron chi connectivity index (χ0n) is 9.96. The molecule has 0 saturated carbocycles. The van der Waals surface area contributed by atoms with Crippen molar-refractivity contribution in [3.63, 3.8) is 0 Å². The van der Waals surface area contributed by atoms with Crippen LogP contribution in [0.4, 0.5) is 0 Å². The highest BCUT2D eigenvalue weighted by Crippen LogP contribution is 2.12. The van der Waals surface area contributed by atoms with Crippen molar-refractivity contribution >= 4 is 0 Å². The van der Waals surface area contributed by atoms with E-state index in [9.17, 15) is 0 Å². The van der Waals surface area contributed by atoms with E-state index in [2.05, 4.69) is 58.2 Å². The van der Waals surface area contributed by atoms with Gasteiger partial charge < -0.3 is 9.80 Å². The summed E-state index contributed by atoms with van der Waals surface area (Å²) in [4.78, 5) is 4.44. The van der Waals surface area contributed by atoms with Gasteiger partial charge in [-0.1, -0.05) is 13.5 Å². The fraction of sp³-hybridized carbons (Fsp3) is 0.818. The standard InChI is InChI=1S/C11H24N2/c1-8-10(4)13(7)11(5)12(6)9(2)3/h9-10H,5,8H2,1-4,6-7H3. The van der Waals surface area contributed by atoms with Gasteiger partial charge in [-0.25, -0.2) is 0 Å². The Labute approximate surface area is 83.2 Å². The average molecular weight is 184 g/mol. The van der Waals surface area contributed by atoms with Crippen LogP contribution in [0.2, 0.25) is 0 Å². The van der Waals surface area contributed by atoms with Crippen molar-refractivity contribution in [1.29, 1.82) is 0 Å². The van der Waals surface area contributed by atoms with Crippen LogP contribution in [0.15, 0.2) is 12.4 Å². The second-order valence-corrected chi connectivity index (χ2v) is 3.99. The molecule has 0 rings (SSSR count). The molecule has 0 heterocycles. The summed E-state index contributed by atoms with van der Waals surface area (Å²) in [6.45, 7) is 12.9. The number of hydrogen-bond donors (Lipinski definition) is 0. The zero-order valence-corrected chi connectivity index (χ0v) is 9.96. The van der Waals surface area contributed by atoms with Crippen molar-refractivity contribution in [3.8, 4) is 0 Å². The number of nitrogens with zero attached hydrogens (tertiary/aromatic N) is 2. The Bertz CT molecular complexity index is 163. The Balaban J connectivity index is 4.25. The van der Waals surface area contributed by atoms with E-state index in [0.717, 1.165) is 12.2 Å². The van der Waals surface area contributed by atoms with Gasteiger partial charge in [0.2, 0.25) is 0 Å². The third-order valence-corrected chi connectivity index (χ3v) is 2.84. The number of rotatable bonds is 5. The van der Waals surface area contributed by atoms with E-state index in [-0.39, 0.29) is 0 Å². The van der Waals surface area contributed by atoms with Crippen LogP contribution in [-0.2, 0) is 0 Å². The summed E-state index contributed by atoms with van der Waals surface area (Å²) in [5, 5.41) is 0. The van der Waals surface area contributed by atoms with Gasteiger partial charge in [0.25, 0.3) is 0 Å². The molecule has 0 aromatic heterocycles. The molecule has 13 heavy (non-hydrogen) atoms. The highest BCUT2D eigenvalue weighted by Gasteiger charge is 2.13. The first-order valence-electron chi connectivity index (χ1n) is 5.06. The quantitative estimate of drug-likeness (QED) is 0.648. The van der Waals surface area contributed by atoms with Gasteiger partial charge in [0.05, 0.1) is 5.82 Å². The lowest BCUT2D eigenvalue weighted by molar-refractivity contribution is 0.198. The van der Waals surface area contributed by atoms with Gasteiger partial charge in [-0.05, 0) is 27.2 Å². The third-order valence-electron chi connectivity index (χ3n) is 2.84. The summed E-state index contributed by atoms with van der Waals surface area (Å²) >= 11 is 0. The van der Waals surface area contributed by atoms with Crippen molar-refractivity contribution in [2.75, 3.05) is 14.1 Å². The van der Waals surface area contributed by atoms with Crippen molar-refractivity contribution in [1.82, 2.24) is 9.80 Å². The van der Waals surface area contributed by atoms with E-state index in [0.29, 0.717) is 12.1 Å². The molecular formula is C11H24N2. The molecule has 0 aliphatic heterocycles. The summed E-state index contributed by atoms with van der Waals surface area (Å²) in [5.74, 6) is 1.10. The first kappa shape index (κ1) is 12.3. The molecule has 0 saturated heterocycles. The van der Waals surface area contributed by atoms with Crippen LogP contribution < -0.4 is 0 Å². The minimum Gasteiger partial charge on any atom is -0.359 e. The molecule has 0 aliphatic rings. The van der Waals surface area contributed by atoms with Crippen molar-refractivity contribution in [2.24, 2.45) is 0 Å². The van der Waals surface area contributed by atoms with Crippen molar-refractivity contribution < 1.29 is 0 Å². The summed E-state index contributed by atoms with van der Waals surface area (Å²) < 4.78 is 0. The SMILES string of the molecule is C=C(N(C)C(C)C)N(C)C(C)CC. The Morgan fingerprint density at radius 1 is 1.15 bits per heavy atom. The highest BCUT2D eigenvalue weighted by atomic mass is 15.3. The Morgan fingerprint density at radius 2 is 1.62 bits per heavy atom. The predicted molar refractivity (Wildman–Crippen MR) is 59.6 cm³/mol. The van der Waals surface area contributed by atoms with Crippen molar-refractivity contribution in [3.05, 3.63) is 12.4 Å². The molecule has 0 spiro atoms. The lowest BCUT2D eigenvalue weighted by atomic mass is 10.2. The van der Waals surface area contributed by atoms with Crippen LogP contribution in [0.5, 0.6) is 0 Å². The van der Waals surface area contributed by atoms with E-state index < -0.39 is 0 Å². The second kappa shape index (κ2) is 5.15. The van der Waals surface area contributed by atoms with Gasteiger partial charge in [0.1, 0.15) is 0 Å². The molecule has 1 atom stereocenters. The smallest absolute Gasteiger partial charge is 0.0964 e. The van der Waals surface area contributed by atoms with Crippen molar-refractivity contribution in [2.45, 2.75) is 46.2 Å². The normalized spacial score (nSPS) is 12.8. The van der Waals surface area contributed by atoms with E-state index >= 15 is 0 Å². The molecule has 2 nitrogen and oxygen atoms in total. The summed E-state index contributed by atoms with van der Waals surface area (Å²) in [7, 11) is 4.20. The predicted octanol–water partition coefficient (Wildman–Crippen LogP) is 2.53. The molecule has 78 valence electrons. The fourth-order valence-electron chi connectivity index (χ4n) is 1.08. The van der Waals surface area contributed by atoms with Crippen LogP contribution >= 0.6 is 0 Å². The summed E-state index contributed by atoms with van der Waals surface area (Å²) in [6.07, 6.45) is 1.15. The maximum absolute atomic E-state index is 4.10. The first-order chi connectivity index (χ1) is 5.91. The minimum atomic E-state index is 0.513. The molecule has 2 heteroatoms. The first-order valence-corrected chi connectivity index (χ1v) is 5.06. The largest absolute Gasteiger partial charge is 0.359 e.